The predicted octanol–water partition coefficient (Wildman–Crippen LogP) is 2.49. The van der Waals surface area contributed by atoms with Gasteiger partial charge in [0.05, 0.1) is 6.04 Å². The third-order valence-electron chi connectivity index (χ3n) is 3.86. The highest BCUT2D eigenvalue weighted by Crippen LogP contribution is 2.30. The van der Waals surface area contributed by atoms with E-state index in [0.717, 1.165) is 23.1 Å². The van der Waals surface area contributed by atoms with Gasteiger partial charge in [-0.15, -0.1) is 0 Å². The Morgan fingerprint density at radius 3 is 2.81 bits per heavy atom. The Morgan fingerprint density at radius 1 is 1.29 bits per heavy atom. The third-order valence-corrected chi connectivity index (χ3v) is 3.86. The van der Waals surface area contributed by atoms with Crippen molar-refractivity contribution < 1.29 is 9.18 Å². The summed E-state index contributed by atoms with van der Waals surface area (Å²) in [6.45, 7) is 1.76. The van der Waals surface area contributed by atoms with Gasteiger partial charge < -0.3 is 11.1 Å². The number of rotatable bonds is 2. The maximum atomic E-state index is 13.4. The Labute approximate surface area is 123 Å². The van der Waals surface area contributed by atoms with Crippen molar-refractivity contribution >= 4 is 5.91 Å². The van der Waals surface area contributed by atoms with E-state index < -0.39 is 5.82 Å². The van der Waals surface area contributed by atoms with Gasteiger partial charge in [-0.2, -0.15) is 0 Å². The molecule has 0 spiro atoms. The minimum Gasteiger partial charge on any atom is -0.344 e. The van der Waals surface area contributed by atoms with Gasteiger partial charge in [0.1, 0.15) is 5.82 Å². The highest BCUT2D eigenvalue weighted by atomic mass is 19.1. The second-order valence-corrected chi connectivity index (χ2v) is 5.54. The lowest BCUT2D eigenvalue weighted by Gasteiger charge is -2.19. The summed E-state index contributed by atoms with van der Waals surface area (Å²) in [7, 11) is 0. The number of nitrogens with two attached hydrogens (primary N) is 1. The zero-order valence-electron chi connectivity index (χ0n) is 11.8. The lowest BCUT2D eigenvalue weighted by molar-refractivity contribution is 0.0932. The van der Waals surface area contributed by atoms with Crippen LogP contribution in [0, 0.1) is 12.7 Å². The molecule has 0 radical (unpaired) electrons. The van der Waals surface area contributed by atoms with E-state index in [0.29, 0.717) is 5.56 Å². The molecule has 1 aliphatic rings. The Bertz CT molecular complexity index is 679. The zero-order valence-corrected chi connectivity index (χ0v) is 11.8. The maximum Gasteiger partial charge on any atom is 0.251 e. The molecular formula is C17H17FN2O. The molecule has 1 aliphatic carbocycles. The lowest BCUT2D eigenvalue weighted by atomic mass is 10.1. The van der Waals surface area contributed by atoms with Crippen molar-refractivity contribution in [2.24, 2.45) is 5.73 Å². The second kappa shape index (κ2) is 5.30. The molecule has 0 aromatic heterocycles. The van der Waals surface area contributed by atoms with Crippen LogP contribution in [0.5, 0.6) is 0 Å². The van der Waals surface area contributed by atoms with Crippen LogP contribution in [-0.4, -0.2) is 11.9 Å². The molecule has 0 saturated heterocycles. The summed E-state index contributed by atoms with van der Waals surface area (Å²) in [5.41, 5.74) is 9.37. The molecule has 2 unspecified atom stereocenters. The van der Waals surface area contributed by atoms with Gasteiger partial charge in [0.15, 0.2) is 0 Å². The summed E-state index contributed by atoms with van der Waals surface area (Å²) in [5, 5.41) is 2.92. The van der Waals surface area contributed by atoms with Crippen LogP contribution in [-0.2, 0) is 6.42 Å². The SMILES string of the molecule is Cc1cc(F)cc(C(=O)NC2c3ccccc3CC2N)c1. The van der Waals surface area contributed by atoms with Gasteiger partial charge in [-0.3, -0.25) is 4.79 Å². The standard InChI is InChI=1S/C17H17FN2O/c1-10-6-12(8-13(18)7-10)17(21)20-16-14-5-3-2-4-11(14)9-15(16)19/h2-8,15-16H,9,19H2,1H3,(H,20,21). The van der Waals surface area contributed by atoms with Gasteiger partial charge in [-0.1, -0.05) is 24.3 Å². The molecular weight excluding hydrogens is 267 g/mol. The summed E-state index contributed by atoms with van der Waals surface area (Å²) in [6.07, 6.45) is 0.739. The summed E-state index contributed by atoms with van der Waals surface area (Å²) >= 11 is 0. The first-order valence-corrected chi connectivity index (χ1v) is 6.96. The molecule has 2 aromatic carbocycles. The summed E-state index contributed by atoms with van der Waals surface area (Å²) in [5.74, 6) is -0.703. The van der Waals surface area contributed by atoms with Crippen molar-refractivity contribution in [1.82, 2.24) is 5.32 Å². The molecule has 0 bridgehead atoms. The van der Waals surface area contributed by atoms with Crippen molar-refractivity contribution in [3.05, 3.63) is 70.5 Å². The monoisotopic (exact) mass is 284 g/mol. The minimum absolute atomic E-state index is 0.152. The van der Waals surface area contributed by atoms with Gasteiger partial charge in [-0.05, 0) is 48.2 Å². The molecule has 21 heavy (non-hydrogen) atoms. The van der Waals surface area contributed by atoms with Gasteiger partial charge in [0.25, 0.3) is 5.91 Å². The van der Waals surface area contributed by atoms with Crippen LogP contribution < -0.4 is 11.1 Å². The average molecular weight is 284 g/mol. The van der Waals surface area contributed by atoms with Crippen LogP contribution in [0.4, 0.5) is 4.39 Å². The molecule has 0 fully saturated rings. The van der Waals surface area contributed by atoms with Crippen molar-refractivity contribution in [3.63, 3.8) is 0 Å². The van der Waals surface area contributed by atoms with Crippen LogP contribution in [0.3, 0.4) is 0 Å². The fourth-order valence-corrected chi connectivity index (χ4v) is 2.90. The Morgan fingerprint density at radius 2 is 2.05 bits per heavy atom. The average Bonchev–Trinajstić information content (AvgIpc) is 2.74. The van der Waals surface area contributed by atoms with Gasteiger partial charge in [0.2, 0.25) is 0 Å². The highest BCUT2D eigenvalue weighted by molar-refractivity contribution is 5.94. The van der Waals surface area contributed by atoms with Crippen LogP contribution in [0.25, 0.3) is 0 Å². The van der Waals surface area contributed by atoms with Crippen molar-refractivity contribution in [2.45, 2.75) is 25.4 Å². The number of benzene rings is 2. The number of aryl methyl sites for hydroxylation is 1. The van der Waals surface area contributed by atoms with Crippen molar-refractivity contribution in [3.8, 4) is 0 Å². The lowest BCUT2D eigenvalue weighted by Crippen LogP contribution is -2.38. The van der Waals surface area contributed by atoms with Crippen molar-refractivity contribution in [1.29, 1.82) is 0 Å². The summed E-state index contributed by atoms with van der Waals surface area (Å²) in [6, 6.07) is 11.8. The molecule has 3 nitrogen and oxygen atoms in total. The second-order valence-electron chi connectivity index (χ2n) is 5.54. The molecule has 2 atom stereocenters. The Balaban J connectivity index is 1.85. The minimum atomic E-state index is -0.406. The van der Waals surface area contributed by atoms with Crippen molar-refractivity contribution in [2.75, 3.05) is 0 Å². The smallest absolute Gasteiger partial charge is 0.251 e. The zero-order chi connectivity index (χ0) is 15.0. The van der Waals surface area contributed by atoms with E-state index >= 15 is 0 Å². The topological polar surface area (TPSA) is 55.1 Å². The predicted molar refractivity (Wildman–Crippen MR) is 79.5 cm³/mol. The van der Waals surface area contributed by atoms with E-state index in [9.17, 15) is 9.18 Å². The first-order valence-electron chi connectivity index (χ1n) is 6.96. The van der Waals surface area contributed by atoms with E-state index in [4.69, 9.17) is 5.73 Å². The molecule has 0 heterocycles. The fourth-order valence-electron chi connectivity index (χ4n) is 2.90. The van der Waals surface area contributed by atoms with Gasteiger partial charge in [-0.25, -0.2) is 4.39 Å². The molecule has 0 aliphatic heterocycles. The molecule has 4 heteroatoms. The molecule has 3 rings (SSSR count). The normalized spacial score (nSPS) is 20.1. The first-order chi connectivity index (χ1) is 10.0. The molecule has 108 valence electrons. The summed E-state index contributed by atoms with van der Waals surface area (Å²) < 4.78 is 13.4. The van der Waals surface area contributed by atoms with Crippen LogP contribution in [0.1, 0.15) is 33.1 Å². The largest absolute Gasteiger partial charge is 0.344 e. The van der Waals surface area contributed by atoms with E-state index in [1.807, 2.05) is 24.3 Å². The van der Waals surface area contributed by atoms with E-state index in [-0.39, 0.29) is 18.0 Å². The maximum absolute atomic E-state index is 13.4. The number of hydrogen-bond acceptors (Lipinski definition) is 2. The number of carbonyl (C=O) groups is 1. The first kappa shape index (κ1) is 13.8. The Hall–Kier alpha value is -2.20. The highest BCUT2D eigenvalue weighted by Gasteiger charge is 2.30. The summed E-state index contributed by atoms with van der Waals surface area (Å²) in [4.78, 5) is 12.3. The van der Waals surface area contributed by atoms with Gasteiger partial charge >= 0.3 is 0 Å². The quantitative estimate of drug-likeness (QED) is 0.890. The third kappa shape index (κ3) is 2.67. The van der Waals surface area contributed by atoms with Crippen LogP contribution in [0.2, 0.25) is 0 Å². The van der Waals surface area contributed by atoms with E-state index in [2.05, 4.69) is 5.32 Å². The number of hydrogen-bond donors (Lipinski definition) is 2. The number of halogens is 1. The fraction of sp³-hybridized carbons (Fsp3) is 0.235. The number of amides is 1. The van der Waals surface area contributed by atoms with Crippen LogP contribution >= 0.6 is 0 Å². The number of fused-ring (bicyclic) bond motifs is 1. The van der Waals surface area contributed by atoms with E-state index in [1.165, 1.54) is 12.1 Å². The van der Waals surface area contributed by atoms with Crippen LogP contribution in [0.15, 0.2) is 42.5 Å². The molecule has 3 N–H and O–H groups in total. The number of nitrogens with one attached hydrogen (secondary N) is 1. The molecule has 2 aromatic rings. The molecule has 0 saturated carbocycles. The van der Waals surface area contributed by atoms with Gasteiger partial charge in [0, 0.05) is 11.6 Å². The molecule has 1 amide bonds. The Kier molecular flexibility index (Phi) is 3.47. The number of carbonyl (C=O) groups excluding carboxylic acids is 1. The van der Waals surface area contributed by atoms with E-state index in [1.54, 1.807) is 13.0 Å².